The number of aromatic nitrogens is 2. The molecule has 2 aromatic carbocycles. The molecular weight excluding hydrogens is 376 g/mol. The third-order valence-corrected chi connectivity index (χ3v) is 5.05. The highest BCUT2D eigenvalue weighted by Gasteiger charge is 2.27. The quantitative estimate of drug-likeness (QED) is 0.685. The number of halogens is 1. The van der Waals surface area contributed by atoms with Crippen molar-refractivity contribution in [1.82, 2.24) is 19.4 Å². The van der Waals surface area contributed by atoms with Gasteiger partial charge in [-0.15, -0.1) is 0 Å². The zero-order chi connectivity index (χ0) is 19.5. The molecule has 28 heavy (non-hydrogen) atoms. The molecule has 0 radical (unpaired) electrons. The monoisotopic (exact) mass is 394 g/mol. The highest BCUT2D eigenvalue weighted by atomic mass is 35.5. The van der Waals surface area contributed by atoms with Crippen LogP contribution in [0.2, 0.25) is 5.02 Å². The van der Waals surface area contributed by atoms with E-state index in [4.69, 9.17) is 11.6 Å². The Morgan fingerprint density at radius 2 is 1.54 bits per heavy atom. The van der Waals surface area contributed by atoms with E-state index in [-0.39, 0.29) is 11.8 Å². The van der Waals surface area contributed by atoms with Crippen LogP contribution in [0.25, 0.3) is 5.69 Å². The van der Waals surface area contributed by atoms with Gasteiger partial charge in [-0.1, -0.05) is 35.9 Å². The Hall–Kier alpha value is -3.12. The van der Waals surface area contributed by atoms with Crippen LogP contribution in [0.3, 0.4) is 0 Å². The Morgan fingerprint density at radius 1 is 0.857 bits per heavy atom. The number of hydrogen-bond acceptors (Lipinski definition) is 3. The molecule has 7 heteroatoms. The molecule has 0 atom stereocenters. The Balaban J connectivity index is 1.44. The molecule has 1 aromatic heterocycles. The number of piperazine rings is 1. The second-order valence-corrected chi connectivity index (χ2v) is 7.02. The number of rotatable bonds is 3. The van der Waals surface area contributed by atoms with Gasteiger partial charge in [0, 0.05) is 42.5 Å². The third-order valence-electron chi connectivity index (χ3n) is 4.82. The van der Waals surface area contributed by atoms with Crippen molar-refractivity contribution >= 4 is 23.4 Å². The van der Waals surface area contributed by atoms with Crippen molar-refractivity contribution in [2.75, 3.05) is 26.2 Å². The average molecular weight is 395 g/mol. The molecule has 1 aliphatic heterocycles. The molecule has 0 unspecified atom stereocenters. The largest absolute Gasteiger partial charge is 0.335 e. The fourth-order valence-corrected chi connectivity index (χ4v) is 3.52. The second kappa shape index (κ2) is 7.86. The Kier molecular flexibility index (Phi) is 5.12. The molecule has 0 saturated carbocycles. The number of hydrogen-bond donors (Lipinski definition) is 0. The summed E-state index contributed by atoms with van der Waals surface area (Å²) in [7, 11) is 0. The SMILES string of the molecule is O=C(c1cccc(Cl)c1)N1CCN(C(=O)c2cncn2-c2ccccc2)CC1. The Bertz CT molecular complexity index is 994. The van der Waals surface area contributed by atoms with Crippen molar-refractivity contribution < 1.29 is 9.59 Å². The van der Waals surface area contributed by atoms with E-state index in [9.17, 15) is 9.59 Å². The number of para-hydroxylation sites is 1. The fraction of sp³-hybridized carbons (Fsp3) is 0.190. The normalized spacial score (nSPS) is 14.2. The van der Waals surface area contributed by atoms with Crippen molar-refractivity contribution in [2.24, 2.45) is 0 Å². The minimum atomic E-state index is -0.0868. The molecule has 1 aliphatic rings. The van der Waals surface area contributed by atoms with Crippen molar-refractivity contribution in [2.45, 2.75) is 0 Å². The predicted octanol–water partition coefficient (Wildman–Crippen LogP) is 3.12. The van der Waals surface area contributed by atoms with Crippen LogP contribution in [-0.4, -0.2) is 57.3 Å². The summed E-state index contributed by atoms with van der Waals surface area (Å²) in [4.78, 5) is 33.3. The van der Waals surface area contributed by atoms with Gasteiger partial charge in [0.1, 0.15) is 5.69 Å². The molecule has 2 heterocycles. The molecule has 0 N–H and O–H groups in total. The smallest absolute Gasteiger partial charge is 0.272 e. The van der Waals surface area contributed by atoms with Crippen LogP contribution in [0, 0.1) is 0 Å². The first-order valence-electron chi connectivity index (χ1n) is 9.05. The highest BCUT2D eigenvalue weighted by Crippen LogP contribution is 2.17. The first-order chi connectivity index (χ1) is 13.6. The molecule has 0 spiro atoms. The zero-order valence-electron chi connectivity index (χ0n) is 15.2. The topological polar surface area (TPSA) is 58.4 Å². The van der Waals surface area contributed by atoms with Gasteiger partial charge in [0.05, 0.1) is 12.5 Å². The lowest BCUT2D eigenvalue weighted by atomic mass is 10.2. The number of carbonyl (C=O) groups is 2. The maximum Gasteiger partial charge on any atom is 0.272 e. The van der Waals surface area contributed by atoms with Gasteiger partial charge in [0.25, 0.3) is 11.8 Å². The van der Waals surface area contributed by atoms with Crippen molar-refractivity contribution in [1.29, 1.82) is 0 Å². The molecular formula is C21H19ClN4O2. The lowest BCUT2D eigenvalue weighted by Crippen LogP contribution is -2.50. The summed E-state index contributed by atoms with van der Waals surface area (Å²) in [6.07, 6.45) is 3.22. The van der Waals surface area contributed by atoms with Gasteiger partial charge in [-0.3, -0.25) is 14.2 Å². The van der Waals surface area contributed by atoms with E-state index in [0.29, 0.717) is 42.5 Å². The standard InChI is InChI=1S/C21H19ClN4O2/c22-17-6-4-5-16(13-17)20(27)24-9-11-25(12-10-24)21(28)19-14-23-15-26(19)18-7-2-1-3-8-18/h1-8,13-15H,9-12H2. The minimum Gasteiger partial charge on any atom is -0.335 e. The van der Waals surface area contributed by atoms with E-state index in [1.165, 1.54) is 0 Å². The van der Waals surface area contributed by atoms with Crippen LogP contribution in [0.5, 0.6) is 0 Å². The van der Waals surface area contributed by atoms with Crippen LogP contribution in [0.15, 0.2) is 67.1 Å². The van der Waals surface area contributed by atoms with Gasteiger partial charge in [0.15, 0.2) is 0 Å². The highest BCUT2D eigenvalue weighted by molar-refractivity contribution is 6.30. The third kappa shape index (κ3) is 3.64. The van der Waals surface area contributed by atoms with E-state index < -0.39 is 0 Å². The molecule has 1 saturated heterocycles. The molecule has 0 aliphatic carbocycles. The molecule has 142 valence electrons. The van der Waals surface area contributed by atoms with Gasteiger partial charge in [-0.05, 0) is 30.3 Å². The summed E-state index contributed by atoms with van der Waals surface area (Å²) in [5.74, 6) is -0.153. The van der Waals surface area contributed by atoms with Gasteiger partial charge in [-0.25, -0.2) is 4.98 Å². The summed E-state index contributed by atoms with van der Waals surface area (Å²) in [5, 5.41) is 0.536. The number of carbonyl (C=O) groups excluding carboxylic acids is 2. The number of amides is 2. The van der Waals surface area contributed by atoms with Crippen LogP contribution < -0.4 is 0 Å². The number of benzene rings is 2. The Labute approximate surface area is 168 Å². The van der Waals surface area contributed by atoms with E-state index in [2.05, 4.69) is 4.98 Å². The summed E-state index contributed by atoms with van der Waals surface area (Å²) in [6, 6.07) is 16.6. The van der Waals surface area contributed by atoms with Crippen LogP contribution >= 0.6 is 11.6 Å². The lowest BCUT2D eigenvalue weighted by Gasteiger charge is -2.34. The molecule has 2 amide bonds. The van der Waals surface area contributed by atoms with Gasteiger partial charge >= 0.3 is 0 Å². The maximum absolute atomic E-state index is 13.0. The molecule has 6 nitrogen and oxygen atoms in total. The summed E-state index contributed by atoms with van der Waals surface area (Å²) in [6.45, 7) is 1.92. The van der Waals surface area contributed by atoms with E-state index in [1.54, 1.807) is 51.2 Å². The Morgan fingerprint density at radius 3 is 2.21 bits per heavy atom. The average Bonchev–Trinajstić information content (AvgIpc) is 3.23. The van der Waals surface area contributed by atoms with Gasteiger partial charge in [-0.2, -0.15) is 0 Å². The summed E-state index contributed by atoms with van der Waals surface area (Å²) in [5.41, 5.74) is 1.97. The summed E-state index contributed by atoms with van der Waals surface area (Å²) >= 11 is 5.98. The lowest BCUT2D eigenvalue weighted by molar-refractivity contribution is 0.0531. The minimum absolute atomic E-state index is 0.0658. The van der Waals surface area contributed by atoms with Crippen molar-refractivity contribution in [3.63, 3.8) is 0 Å². The van der Waals surface area contributed by atoms with E-state index in [0.717, 1.165) is 5.69 Å². The van der Waals surface area contributed by atoms with Crippen LogP contribution in [0.1, 0.15) is 20.8 Å². The van der Waals surface area contributed by atoms with E-state index in [1.807, 2.05) is 30.3 Å². The molecule has 0 bridgehead atoms. The van der Waals surface area contributed by atoms with Crippen LogP contribution in [0.4, 0.5) is 0 Å². The molecule has 1 fully saturated rings. The number of nitrogens with zero attached hydrogens (tertiary/aromatic N) is 4. The van der Waals surface area contributed by atoms with Crippen LogP contribution in [-0.2, 0) is 0 Å². The van der Waals surface area contributed by atoms with Gasteiger partial charge in [0.2, 0.25) is 0 Å². The molecule has 4 rings (SSSR count). The first-order valence-corrected chi connectivity index (χ1v) is 9.43. The zero-order valence-corrected chi connectivity index (χ0v) is 15.9. The van der Waals surface area contributed by atoms with Crippen molar-refractivity contribution in [3.8, 4) is 5.69 Å². The summed E-state index contributed by atoms with van der Waals surface area (Å²) < 4.78 is 1.78. The van der Waals surface area contributed by atoms with Gasteiger partial charge < -0.3 is 9.80 Å². The maximum atomic E-state index is 13.0. The fourth-order valence-electron chi connectivity index (χ4n) is 3.33. The first kappa shape index (κ1) is 18.3. The molecule has 3 aromatic rings. The predicted molar refractivity (Wildman–Crippen MR) is 107 cm³/mol. The van der Waals surface area contributed by atoms with E-state index >= 15 is 0 Å². The number of imidazole rings is 1. The van der Waals surface area contributed by atoms with Crippen molar-refractivity contribution in [3.05, 3.63) is 83.4 Å². The second-order valence-electron chi connectivity index (χ2n) is 6.58.